The maximum absolute atomic E-state index is 6.27. The molecule has 0 aromatic heterocycles. The number of ether oxygens (including phenoxy) is 4. The molecule has 1 fully saturated rings. The first-order valence-electron chi connectivity index (χ1n) is 9.70. The van der Waals surface area contributed by atoms with Crippen molar-refractivity contribution >= 4 is 0 Å². The van der Waals surface area contributed by atoms with Gasteiger partial charge in [0.15, 0.2) is 0 Å². The lowest BCUT2D eigenvalue weighted by atomic mass is 9.94. The van der Waals surface area contributed by atoms with E-state index in [0.29, 0.717) is 0 Å². The first-order chi connectivity index (χ1) is 14.5. The van der Waals surface area contributed by atoms with Crippen LogP contribution in [-0.4, -0.2) is 27.4 Å². The molecule has 2 atom stereocenters. The van der Waals surface area contributed by atoms with Crippen molar-refractivity contribution in [1.29, 1.82) is 0 Å². The fraction of sp³-hybridized carbons (Fsp3) is 0.231. The summed E-state index contributed by atoms with van der Waals surface area (Å²) in [6.07, 6.45) is -0.853. The number of benzene rings is 2. The van der Waals surface area contributed by atoms with Gasteiger partial charge in [0.25, 0.3) is 0 Å². The lowest BCUT2D eigenvalue weighted by Crippen LogP contribution is -2.19. The van der Waals surface area contributed by atoms with Gasteiger partial charge in [-0.2, -0.15) is 0 Å². The molecular weight excluding hydrogens is 376 g/mol. The molecule has 0 N–H and O–H groups in total. The van der Waals surface area contributed by atoms with Crippen LogP contribution in [0.25, 0.3) is 0 Å². The normalized spacial score (nSPS) is 20.7. The van der Waals surface area contributed by atoms with E-state index >= 15 is 0 Å². The van der Waals surface area contributed by atoms with E-state index in [1.165, 1.54) is 0 Å². The largest absolute Gasteiger partial charge is 0.496 e. The average molecular weight is 405 g/mol. The fourth-order valence-electron chi connectivity index (χ4n) is 3.45. The molecule has 0 unspecified atom stereocenters. The summed E-state index contributed by atoms with van der Waals surface area (Å²) in [5, 5.41) is 0. The Balaban J connectivity index is 1.94. The average Bonchev–Trinajstić information content (AvgIpc) is 2.78. The van der Waals surface area contributed by atoms with Crippen molar-refractivity contribution in [2.45, 2.75) is 12.2 Å². The van der Waals surface area contributed by atoms with Crippen molar-refractivity contribution in [1.82, 2.24) is 0 Å². The smallest absolute Gasteiger partial charge is 0.125 e. The molecule has 0 bridgehead atoms. The lowest BCUT2D eigenvalue weighted by molar-refractivity contribution is 0.0678. The van der Waals surface area contributed by atoms with Crippen LogP contribution >= 0.6 is 0 Å². The van der Waals surface area contributed by atoms with Crippen LogP contribution in [0.3, 0.4) is 0 Å². The number of rotatable bonds is 4. The Bertz CT molecular complexity index is 893. The van der Waals surface area contributed by atoms with Gasteiger partial charge in [0.05, 0.1) is 27.4 Å². The minimum absolute atomic E-state index is 0.267. The Morgan fingerprint density at radius 1 is 0.667 bits per heavy atom. The van der Waals surface area contributed by atoms with Gasteiger partial charge >= 0.3 is 0 Å². The van der Waals surface area contributed by atoms with Gasteiger partial charge in [-0.25, -0.2) is 0 Å². The molecule has 0 saturated carbocycles. The maximum atomic E-state index is 6.27. The lowest BCUT2D eigenvalue weighted by Gasteiger charge is -2.30. The zero-order chi connectivity index (χ0) is 21.7. The van der Waals surface area contributed by atoms with Gasteiger partial charge in [-0.05, 0) is 34.4 Å². The van der Waals surface area contributed by atoms with E-state index < -0.39 is 12.2 Å². The number of hydrogen-bond acceptors (Lipinski definition) is 4. The molecule has 30 heavy (non-hydrogen) atoms. The van der Waals surface area contributed by atoms with Gasteiger partial charge < -0.3 is 18.9 Å². The standard InChI is InChI=1S/C26H28O4/c1-17-15-29-26(22-12-8-10-14-24(22)28-6)20(4)18(2)16-30-25(19(17)3)21-11-7-9-13-23(21)27-5/h7-14,25-26H,1-4,15-16H2,5-6H3/t25-,26+. The molecule has 1 aliphatic rings. The predicted octanol–water partition coefficient (Wildman–Crippen LogP) is 5.76. The minimum atomic E-state index is -0.426. The summed E-state index contributed by atoms with van der Waals surface area (Å²) in [6.45, 7) is 17.4. The van der Waals surface area contributed by atoms with E-state index in [0.717, 1.165) is 44.9 Å². The molecule has 0 amide bonds. The first-order valence-corrected chi connectivity index (χ1v) is 9.70. The van der Waals surface area contributed by atoms with Crippen LogP contribution in [0.4, 0.5) is 0 Å². The molecule has 1 heterocycles. The van der Waals surface area contributed by atoms with Crippen molar-refractivity contribution in [3.63, 3.8) is 0 Å². The molecule has 4 heteroatoms. The molecule has 1 saturated heterocycles. The van der Waals surface area contributed by atoms with E-state index in [2.05, 4.69) is 26.3 Å². The second-order valence-corrected chi connectivity index (χ2v) is 7.12. The number of methoxy groups -OCH3 is 2. The van der Waals surface area contributed by atoms with Crippen molar-refractivity contribution in [2.75, 3.05) is 27.4 Å². The van der Waals surface area contributed by atoms with E-state index in [4.69, 9.17) is 18.9 Å². The van der Waals surface area contributed by atoms with Gasteiger partial charge in [0.1, 0.15) is 23.7 Å². The second-order valence-electron chi connectivity index (χ2n) is 7.12. The topological polar surface area (TPSA) is 36.9 Å². The molecule has 2 aromatic carbocycles. The third-order valence-electron chi connectivity index (χ3n) is 5.23. The monoisotopic (exact) mass is 404 g/mol. The van der Waals surface area contributed by atoms with Crippen LogP contribution in [0.2, 0.25) is 0 Å². The maximum Gasteiger partial charge on any atom is 0.125 e. The third-order valence-corrected chi connectivity index (χ3v) is 5.23. The minimum Gasteiger partial charge on any atom is -0.496 e. The molecule has 2 aromatic rings. The van der Waals surface area contributed by atoms with E-state index in [9.17, 15) is 0 Å². The number of hydrogen-bond donors (Lipinski definition) is 0. The summed E-state index contributed by atoms with van der Waals surface area (Å²) in [6, 6.07) is 15.4. The Hall–Kier alpha value is -3.08. The van der Waals surface area contributed by atoms with Crippen LogP contribution in [0.15, 0.2) is 97.1 Å². The summed E-state index contributed by atoms with van der Waals surface area (Å²) in [5.74, 6) is 1.46. The predicted molar refractivity (Wildman–Crippen MR) is 120 cm³/mol. The van der Waals surface area contributed by atoms with Gasteiger partial charge in [-0.15, -0.1) is 0 Å². The highest BCUT2D eigenvalue weighted by atomic mass is 16.5. The van der Waals surface area contributed by atoms with Crippen molar-refractivity contribution in [3.8, 4) is 11.5 Å². The molecular formula is C26H28O4. The summed E-state index contributed by atoms with van der Waals surface area (Å²) in [7, 11) is 3.27. The number of para-hydroxylation sites is 2. The van der Waals surface area contributed by atoms with E-state index in [1.807, 2.05) is 48.5 Å². The zero-order valence-electron chi connectivity index (χ0n) is 17.6. The van der Waals surface area contributed by atoms with Gasteiger partial charge in [-0.1, -0.05) is 62.7 Å². The molecule has 0 aliphatic carbocycles. The Kier molecular flexibility index (Phi) is 6.93. The molecule has 4 nitrogen and oxygen atoms in total. The SMILES string of the molecule is C=C1CO[C@H](c2ccccc2OC)C(=C)C(=C)CO[C@@H](c2ccccc2OC)C1=C. The molecule has 3 rings (SSSR count). The zero-order valence-corrected chi connectivity index (χ0v) is 17.6. The van der Waals surface area contributed by atoms with Crippen LogP contribution in [0.5, 0.6) is 11.5 Å². The van der Waals surface area contributed by atoms with Crippen LogP contribution in [0, 0.1) is 0 Å². The Morgan fingerprint density at radius 2 is 1.03 bits per heavy atom. The van der Waals surface area contributed by atoms with E-state index in [1.54, 1.807) is 14.2 Å². The molecule has 1 aliphatic heterocycles. The van der Waals surface area contributed by atoms with Crippen molar-refractivity contribution in [3.05, 3.63) is 108 Å². The highest BCUT2D eigenvalue weighted by molar-refractivity contribution is 5.46. The van der Waals surface area contributed by atoms with Crippen LogP contribution in [0.1, 0.15) is 23.3 Å². The van der Waals surface area contributed by atoms with Gasteiger partial charge in [0, 0.05) is 11.1 Å². The third kappa shape index (κ3) is 4.40. The second kappa shape index (κ2) is 9.61. The fourth-order valence-corrected chi connectivity index (χ4v) is 3.45. The summed E-state index contributed by atoms with van der Waals surface area (Å²) >= 11 is 0. The molecule has 0 spiro atoms. The van der Waals surface area contributed by atoms with Crippen molar-refractivity contribution < 1.29 is 18.9 Å². The van der Waals surface area contributed by atoms with Crippen LogP contribution < -0.4 is 9.47 Å². The van der Waals surface area contributed by atoms with Gasteiger partial charge in [-0.3, -0.25) is 0 Å². The molecule has 0 radical (unpaired) electrons. The van der Waals surface area contributed by atoms with E-state index in [-0.39, 0.29) is 13.2 Å². The van der Waals surface area contributed by atoms with Gasteiger partial charge in [0.2, 0.25) is 0 Å². The summed E-state index contributed by atoms with van der Waals surface area (Å²) in [4.78, 5) is 0. The summed E-state index contributed by atoms with van der Waals surface area (Å²) in [5.41, 5.74) is 4.72. The Morgan fingerprint density at radius 3 is 1.40 bits per heavy atom. The molecule has 156 valence electrons. The highest BCUT2D eigenvalue weighted by Gasteiger charge is 2.28. The first kappa shape index (κ1) is 21.6. The summed E-state index contributed by atoms with van der Waals surface area (Å²) < 4.78 is 23.6. The quantitative estimate of drug-likeness (QED) is 0.649. The Labute approximate surface area is 178 Å². The van der Waals surface area contributed by atoms with Crippen molar-refractivity contribution in [2.24, 2.45) is 0 Å². The van der Waals surface area contributed by atoms with Crippen LogP contribution in [-0.2, 0) is 9.47 Å². The highest BCUT2D eigenvalue weighted by Crippen LogP contribution is 2.40.